The third-order valence-corrected chi connectivity index (χ3v) is 3.94. The number of halogens is 2. The van der Waals surface area contributed by atoms with E-state index < -0.39 is 12.1 Å². The molecular weight excluding hydrogens is 275 g/mol. The Hall–Kier alpha value is -0.480. The lowest BCUT2D eigenvalue weighted by molar-refractivity contribution is -0.128. The smallest absolute Gasteiger partial charge is 0.272 e. The van der Waals surface area contributed by atoms with E-state index >= 15 is 0 Å². The summed E-state index contributed by atoms with van der Waals surface area (Å²) in [6.45, 7) is 4.50. The molecule has 1 heterocycles. The van der Waals surface area contributed by atoms with Crippen molar-refractivity contribution in [2.75, 3.05) is 12.4 Å². The van der Waals surface area contributed by atoms with Crippen molar-refractivity contribution >= 4 is 35.3 Å². The summed E-state index contributed by atoms with van der Waals surface area (Å²) < 4.78 is 1.04. The summed E-state index contributed by atoms with van der Waals surface area (Å²) in [4.78, 5) is 25.3. The van der Waals surface area contributed by atoms with E-state index in [-0.39, 0.29) is 5.91 Å². The maximum atomic E-state index is 12.1. The van der Waals surface area contributed by atoms with Crippen molar-refractivity contribution in [3.8, 4) is 0 Å². The fourth-order valence-electron chi connectivity index (χ4n) is 1.90. The minimum Gasteiger partial charge on any atom is -0.272 e. The molecule has 0 aliphatic carbocycles. The van der Waals surface area contributed by atoms with Crippen LogP contribution in [0.25, 0.3) is 0 Å². The van der Waals surface area contributed by atoms with Crippen LogP contribution in [0.15, 0.2) is 0 Å². The summed E-state index contributed by atoms with van der Waals surface area (Å²) in [5, 5.41) is 0. The van der Waals surface area contributed by atoms with Gasteiger partial charge in [0, 0.05) is 24.2 Å². The molecule has 2 atom stereocenters. The lowest BCUT2D eigenvalue weighted by Crippen LogP contribution is -2.35. The number of nitrogens with zero attached hydrogens (tertiary/aromatic N) is 2. The first-order valence-electron chi connectivity index (χ1n) is 6.39. The van der Waals surface area contributed by atoms with E-state index in [9.17, 15) is 9.59 Å². The SMILES string of the molecule is CCC(C)CN1C(=O)C(CCCCCl)N(Cl)C1=O. The van der Waals surface area contributed by atoms with E-state index in [1.165, 1.54) is 4.90 Å². The Balaban J connectivity index is 2.62. The number of rotatable bonds is 7. The summed E-state index contributed by atoms with van der Waals surface area (Å²) >= 11 is 11.5. The number of alkyl halides is 1. The lowest BCUT2D eigenvalue weighted by atomic mass is 10.1. The van der Waals surface area contributed by atoms with Crippen LogP contribution in [0.2, 0.25) is 0 Å². The molecule has 3 amide bonds. The van der Waals surface area contributed by atoms with Gasteiger partial charge >= 0.3 is 6.03 Å². The van der Waals surface area contributed by atoms with Crippen molar-refractivity contribution in [2.24, 2.45) is 5.92 Å². The first-order chi connectivity index (χ1) is 8.52. The number of carbonyl (C=O) groups is 2. The zero-order chi connectivity index (χ0) is 13.7. The Bertz CT molecular complexity index is 312. The second-order valence-corrected chi connectivity index (χ2v) is 5.50. The summed E-state index contributed by atoms with van der Waals surface area (Å²) in [5.74, 6) is 0.683. The molecule has 1 aliphatic heterocycles. The Labute approximate surface area is 118 Å². The van der Waals surface area contributed by atoms with Gasteiger partial charge in [-0.25, -0.2) is 9.21 Å². The molecule has 1 fully saturated rings. The van der Waals surface area contributed by atoms with Crippen LogP contribution in [0.1, 0.15) is 39.5 Å². The third kappa shape index (κ3) is 3.51. The maximum Gasteiger partial charge on any atom is 0.342 e. The second-order valence-electron chi connectivity index (χ2n) is 4.76. The van der Waals surface area contributed by atoms with Gasteiger partial charge in [-0.05, 0) is 25.2 Å². The number of unbranched alkanes of at least 4 members (excludes halogenated alkanes) is 1. The van der Waals surface area contributed by atoms with Crippen LogP contribution >= 0.6 is 23.4 Å². The van der Waals surface area contributed by atoms with Crippen LogP contribution in [-0.2, 0) is 4.79 Å². The van der Waals surface area contributed by atoms with Crippen LogP contribution < -0.4 is 0 Å². The van der Waals surface area contributed by atoms with E-state index in [1.54, 1.807) is 0 Å². The molecule has 0 aromatic heterocycles. The van der Waals surface area contributed by atoms with E-state index in [2.05, 4.69) is 0 Å². The van der Waals surface area contributed by atoms with Crippen molar-refractivity contribution in [3.63, 3.8) is 0 Å². The Morgan fingerprint density at radius 3 is 2.56 bits per heavy atom. The number of hydrogen-bond acceptors (Lipinski definition) is 2. The van der Waals surface area contributed by atoms with Crippen molar-refractivity contribution in [3.05, 3.63) is 0 Å². The topological polar surface area (TPSA) is 40.6 Å². The third-order valence-electron chi connectivity index (χ3n) is 3.29. The molecule has 104 valence electrons. The molecule has 0 bridgehead atoms. The van der Waals surface area contributed by atoms with Crippen molar-refractivity contribution in [1.82, 2.24) is 9.32 Å². The van der Waals surface area contributed by atoms with Gasteiger partial charge in [0.25, 0.3) is 5.91 Å². The molecule has 1 aliphatic rings. The number of carbonyl (C=O) groups excluding carboxylic acids is 2. The molecule has 4 nitrogen and oxygen atoms in total. The Morgan fingerprint density at radius 2 is 2.00 bits per heavy atom. The monoisotopic (exact) mass is 294 g/mol. The molecule has 6 heteroatoms. The number of amides is 3. The highest BCUT2D eigenvalue weighted by atomic mass is 35.5. The number of urea groups is 1. The van der Waals surface area contributed by atoms with Gasteiger partial charge in [-0.3, -0.25) is 9.69 Å². The summed E-state index contributed by atoms with van der Waals surface area (Å²) in [5.41, 5.74) is 0. The van der Waals surface area contributed by atoms with Crippen LogP contribution in [-0.4, -0.2) is 39.7 Å². The summed E-state index contributed by atoms with van der Waals surface area (Å²) in [6, 6.07) is -0.913. The maximum absolute atomic E-state index is 12.1. The van der Waals surface area contributed by atoms with Crippen molar-refractivity contribution in [1.29, 1.82) is 0 Å². The predicted molar refractivity (Wildman–Crippen MR) is 72.6 cm³/mol. The van der Waals surface area contributed by atoms with Gasteiger partial charge in [-0.15, -0.1) is 11.6 Å². The zero-order valence-corrected chi connectivity index (χ0v) is 12.4. The average molecular weight is 295 g/mol. The molecule has 2 unspecified atom stereocenters. The Morgan fingerprint density at radius 1 is 1.33 bits per heavy atom. The molecule has 18 heavy (non-hydrogen) atoms. The fourth-order valence-corrected chi connectivity index (χ4v) is 2.36. The van der Waals surface area contributed by atoms with Gasteiger partial charge < -0.3 is 0 Å². The number of hydrogen-bond donors (Lipinski definition) is 0. The molecule has 0 aromatic rings. The van der Waals surface area contributed by atoms with Gasteiger partial charge in [0.1, 0.15) is 6.04 Å². The molecule has 0 N–H and O–H groups in total. The zero-order valence-electron chi connectivity index (χ0n) is 10.9. The quantitative estimate of drug-likeness (QED) is 0.313. The highest BCUT2D eigenvalue weighted by molar-refractivity contribution is 6.26. The normalized spacial score (nSPS) is 21.9. The highest BCUT2D eigenvalue weighted by Gasteiger charge is 2.44. The largest absolute Gasteiger partial charge is 0.342 e. The summed E-state index contributed by atoms with van der Waals surface area (Å²) in [7, 11) is 0. The lowest BCUT2D eigenvalue weighted by Gasteiger charge is -2.17. The van der Waals surface area contributed by atoms with Crippen molar-refractivity contribution in [2.45, 2.75) is 45.6 Å². The fraction of sp³-hybridized carbons (Fsp3) is 0.833. The first-order valence-corrected chi connectivity index (χ1v) is 7.26. The summed E-state index contributed by atoms with van der Waals surface area (Å²) in [6.07, 6.45) is 3.14. The molecule has 0 saturated carbocycles. The number of imide groups is 1. The average Bonchev–Trinajstić information content (AvgIpc) is 2.55. The second kappa shape index (κ2) is 7.19. The van der Waals surface area contributed by atoms with E-state index in [0.717, 1.165) is 23.7 Å². The van der Waals surface area contributed by atoms with Crippen LogP contribution in [0.5, 0.6) is 0 Å². The van der Waals surface area contributed by atoms with Crippen molar-refractivity contribution < 1.29 is 9.59 Å². The van der Waals surface area contributed by atoms with E-state index in [0.29, 0.717) is 24.8 Å². The first kappa shape index (κ1) is 15.6. The molecule has 1 saturated heterocycles. The molecule has 1 rings (SSSR count). The Kier molecular flexibility index (Phi) is 6.22. The van der Waals surface area contributed by atoms with Gasteiger partial charge in [0.15, 0.2) is 0 Å². The molecule has 0 spiro atoms. The van der Waals surface area contributed by atoms with Crippen LogP contribution in [0.4, 0.5) is 4.79 Å². The molecule has 0 radical (unpaired) electrons. The van der Waals surface area contributed by atoms with E-state index in [1.807, 2.05) is 13.8 Å². The van der Waals surface area contributed by atoms with Crippen LogP contribution in [0.3, 0.4) is 0 Å². The van der Waals surface area contributed by atoms with Gasteiger partial charge in [-0.1, -0.05) is 20.3 Å². The minimum absolute atomic E-state index is 0.176. The van der Waals surface area contributed by atoms with Gasteiger partial charge in [0.2, 0.25) is 0 Å². The predicted octanol–water partition coefficient (Wildman–Crippen LogP) is 3.23. The van der Waals surface area contributed by atoms with Crippen LogP contribution in [0, 0.1) is 5.92 Å². The molecule has 0 aromatic carbocycles. The van der Waals surface area contributed by atoms with Gasteiger partial charge in [0.05, 0.1) is 0 Å². The van der Waals surface area contributed by atoms with E-state index in [4.69, 9.17) is 23.4 Å². The molecular formula is C12H20Cl2N2O2. The van der Waals surface area contributed by atoms with Gasteiger partial charge in [-0.2, -0.15) is 0 Å². The minimum atomic E-state index is -0.522. The highest BCUT2D eigenvalue weighted by Crippen LogP contribution is 2.25. The standard InChI is InChI=1S/C12H20Cl2N2O2/c1-3-9(2)8-15-11(17)10(6-4-5-7-13)16(14)12(15)18/h9-10H,3-8H2,1-2H3.